The van der Waals surface area contributed by atoms with Crippen molar-refractivity contribution in [2.45, 2.75) is 32.8 Å². The van der Waals surface area contributed by atoms with Crippen molar-refractivity contribution in [1.82, 2.24) is 0 Å². The highest BCUT2D eigenvalue weighted by atomic mass is 16.5. The molecule has 2 nitrogen and oxygen atoms in total. The Balaban J connectivity index is 2.24. The number of phenols is 1. The number of ether oxygens (including phenoxy) is 1. The molecule has 110 valence electrons. The van der Waals surface area contributed by atoms with Crippen LogP contribution in [0.1, 0.15) is 37.5 Å². The summed E-state index contributed by atoms with van der Waals surface area (Å²) in [5.41, 5.74) is 3.06. The molecule has 2 heteroatoms. The molecule has 2 rings (SSSR count). The van der Waals surface area contributed by atoms with Crippen molar-refractivity contribution in [3.63, 3.8) is 0 Å². The van der Waals surface area contributed by atoms with Gasteiger partial charge in [0.25, 0.3) is 0 Å². The van der Waals surface area contributed by atoms with Gasteiger partial charge >= 0.3 is 0 Å². The van der Waals surface area contributed by atoms with Gasteiger partial charge in [-0.2, -0.15) is 0 Å². The van der Waals surface area contributed by atoms with Crippen molar-refractivity contribution < 1.29 is 9.84 Å². The highest BCUT2D eigenvalue weighted by molar-refractivity contribution is 5.53. The van der Waals surface area contributed by atoms with Crippen LogP contribution < -0.4 is 4.74 Å². The van der Waals surface area contributed by atoms with Crippen LogP contribution in [-0.2, 0) is 12.0 Å². The van der Waals surface area contributed by atoms with Gasteiger partial charge in [0.2, 0.25) is 0 Å². The van der Waals surface area contributed by atoms with Gasteiger partial charge in [0.1, 0.15) is 18.1 Å². The molecule has 2 aromatic carbocycles. The lowest BCUT2D eigenvalue weighted by Crippen LogP contribution is -2.11. The van der Waals surface area contributed by atoms with Crippen molar-refractivity contribution in [2.24, 2.45) is 0 Å². The lowest BCUT2D eigenvalue weighted by atomic mass is 9.86. The molecular weight excluding hydrogens is 260 g/mol. The van der Waals surface area contributed by atoms with E-state index in [1.807, 2.05) is 30.3 Å². The molecule has 2 aromatic rings. The fourth-order valence-corrected chi connectivity index (χ4v) is 2.05. The molecule has 0 radical (unpaired) electrons. The minimum absolute atomic E-state index is 0.0476. The molecule has 0 aliphatic rings. The molecule has 0 saturated heterocycles. The van der Waals surface area contributed by atoms with Crippen LogP contribution in [0.4, 0.5) is 0 Å². The first-order valence-electron chi connectivity index (χ1n) is 7.08. The van der Waals surface area contributed by atoms with Gasteiger partial charge in [-0.15, -0.1) is 0 Å². The third kappa shape index (κ3) is 3.88. The van der Waals surface area contributed by atoms with Crippen LogP contribution in [0.25, 0.3) is 6.08 Å². The van der Waals surface area contributed by atoms with Gasteiger partial charge < -0.3 is 9.84 Å². The van der Waals surface area contributed by atoms with Crippen LogP contribution in [0.3, 0.4) is 0 Å². The van der Waals surface area contributed by atoms with Gasteiger partial charge in [0.15, 0.2) is 0 Å². The minimum atomic E-state index is 0.0476. The summed E-state index contributed by atoms with van der Waals surface area (Å²) in [4.78, 5) is 0. The summed E-state index contributed by atoms with van der Waals surface area (Å²) in [7, 11) is 0. The fraction of sp³-hybridized carbons (Fsp3) is 0.263. The normalized spacial score (nSPS) is 11.2. The first kappa shape index (κ1) is 15.2. The largest absolute Gasteiger partial charge is 0.508 e. The first-order chi connectivity index (χ1) is 9.90. The van der Waals surface area contributed by atoms with E-state index in [0.717, 1.165) is 16.9 Å². The van der Waals surface area contributed by atoms with Gasteiger partial charge in [0, 0.05) is 5.56 Å². The van der Waals surface area contributed by atoms with E-state index < -0.39 is 0 Å². The molecule has 0 bridgehead atoms. The summed E-state index contributed by atoms with van der Waals surface area (Å²) in [6.45, 7) is 10.7. The smallest absolute Gasteiger partial charge is 0.122 e. The van der Waals surface area contributed by atoms with Crippen molar-refractivity contribution in [2.75, 3.05) is 0 Å². The Morgan fingerprint density at radius 3 is 2.48 bits per heavy atom. The number of rotatable bonds is 4. The maximum absolute atomic E-state index is 9.78. The Morgan fingerprint density at radius 1 is 1.14 bits per heavy atom. The second-order valence-electron chi connectivity index (χ2n) is 6.16. The van der Waals surface area contributed by atoms with E-state index in [-0.39, 0.29) is 11.2 Å². The molecule has 0 saturated carbocycles. The Morgan fingerprint density at radius 2 is 1.86 bits per heavy atom. The van der Waals surface area contributed by atoms with Crippen LogP contribution in [0.5, 0.6) is 11.5 Å². The predicted octanol–water partition coefficient (Wildman–Crippen LogP) is 4.91. The number of para-hydroxylation sites is 1. The molecular formula is C19H22O2. The molecule has 0 heterocycles. The number of hydrogen-bond acceptors (Lipinski definition) is 2. The van der Waals surface area contributed by atoms with Crippen LogP contribution in [0.2, 0.25) is 0 Å². The highest BCUT2D eigenvalue weighted by Gasteiger charge is 2.15. The number of phenolic OH excluding ortho intramolecular Hbond substituents is 1. The molecule has 0 aromatic heterocycles. The molecule has 0 spiro atoms. The summed E-state index contributed by atoms with van der Waals surface area (Å²) in [5, 5.41) is 9.78. The third-order valence-corrected chi connectivity index (χ3v) is 3.42. The van der Waals surface area contributed by atoms with Crippen molar-refractivity contribution in [3.8, 4) is 11.5 Å². The zero-order valence-electron chi connectivity index (χ0n) is 12.9. The highest BCUT2D eigenvalue weighted by Crippen LogP contribution is 2.29. The second kappa shape index (κ2) is 6.04. The molecule has 1 N–H and O–H groups in total. The van der Waals surface area contributed by atoms with E-state index in [2.05, 4.69) is 33.4 Å². The number of hydrogen-bond donors (Lipinski definition) is 1. The molecule has 0 amide bonds. The molecule has 0 aliphatic heterocycles. The van der Waals surface area contributed by atoms with Crippen molar-refractivity contribution in [1.29, 1.82) is 0 Å². The van der Waals surface area contributed by atoms with Gasteiger partial charge in [-0.05, 0) is 34.7 Å². The summed E-state index contributed by atoms with van der Waals surface area (Å²) >= 11 is 0. The molecule has 0 unspecified atom stereocenters. The zero-order chi connectivity index (χ0) is 15.5. The standard InChI is InChI=1S/C19H22O2/c1-5-14-10-16(19(2,3)4)12-17(11-14)21-13-15-8-6-7-9-18(15)20/h5-12,20H,1,13H2,2-4H3. The maximum atomic E-state index is 9.78. The topological polar surface area (TPSA) is 29.5 Å². The lowest BCUT2D eigenvalue weighted by molar-refractivity contribution is 0.298. The summed E-state index contributed by atoms with van der Waals surface area (Å²) in [6, 6.07) is 13.3. The summed E-state index contributed by atoms with van der Waals surface area (Å²) in [6.07, 6.45) is 1.82. The summed E-state index contributed by atoms with van der Waals surface area (Å²) in [5.74, 6) is 1.05. The predicted molar refractivity (Wildman–Crippen MR) is 87.7 cm³/mol. The number of benzene rings is 2. The average Bonchev–Trinajstić information content (AvgIpc) is 2.45. The molecule has 0 fully saturated rings. The maximum Gasteiger partial charge on any atom is 0.122 e. The van der Waals surface area contributed by atoms with Gasteiger partial charge in [-0.3, -0.25) is 0 Å². The minimum Gasteiger partial charge on any atom is -0.508 e. The van der Waals surface area contributed by atoms with E-state index >= 15 is 0 Å². The van der Waals surface area contributed by atoms with E-state index in [9.17, 15) is 5.11 Å². The van der Waals surface area contributed by atoms with Gasteiger partial charge in [-0.1, -0.05) is 57.7 Å². The Kier molecular flexibility index (Phi) is 4.37. The summed E-state index contributed by atoms with van der Waals surface area (Å²) < 4.78 is 5.84. The van der Waals surface area contributed by atoms with E-state index in [0.29, 0.717) is 6.61 Å². The SMILES string of the molecule is C=Cc1cc(OCc2ccccc2O)cc(C(C)(C)C)c1. The lowest BCUT2D eigenvalue weighted by Gasteiger charge is -2.21. The zero-order valence-corrected chi connectivity index (χ0v) is 12.9. The fourth-order valence-electron chi connectivity index (χ4n) is 2.05. The quantitative estimate of drug-likeness (QED) is 0.863. The van der Waals surface area contributed by atoms with E-state index in [1.165, 1.54) is 5.56 Å². The molecule has 0 aliphatic carbocycles. The third-order valence-electron chi connectivity index (χ3n) is 3.42. The van der Waals surface area contributed by atoms with Crippen LogP contribution in [0, 0.1) is 0 Å². The van der Waals surface area contributed by atoms with E-state index in [1.54, 1.807) is 12.1 Å². The Labute approximate surface area is 126 Å². The molecule has 21 heavy (non-hydrogen) atoms. The second-order valence-corrected chi connectivity index (χ2v) is 6.16. The van der Waals surface area contributed by atoms with Crippen LogP contribution >= 0.6 is 0 Å². The van der Waals surface area contributed by atoms with Gasteiger partial charge in [-0.25, -0.2) is 0 Å². The van der Waals surface area contributed by atoms with Crippen molar-refractivity contribution >= 4 is 6.08 Å². The average molecular weight is 282 g/mol. The molecule has 0 atom stereocenters. The Bertz CT molecular complexity index is 636. The monoisotopic (exact) mass is 282 g/mol. The van der Waals surface area contributed by atoms with Crippen molar-refractivity contribution in [3.05, 3.63) is 65.7 Å². The van der Waals surface area contributed by atoms with Crippen LogP contribution in [-0.4, -0.2) is 5.11 Å². The van der Waals surface area contributed by atoms with Gasteiger partial charge in [0.05, 0.1) is 0 Å². The number of aromatic hydroxyl groups is 1. The van der Waals surface area contributed by atoms with E-state index in [4.69, 9.17) is 4.74 Å². The Hall–Kier alpha value is -2.22. The van der Waals surface area contributed by atoms with Crippen LogP contribution in [0.15, 0.2) is 49.0 Å². The first-order valence-corrected chi connectivity index (χ1v) is 7.08.